The van der Waals surface area contributed by atoms with Crippen LogP contribution in [-0.4, -0.2) is 24.9 Å². The molecule has 1 aromatic rings. The van der Waals surface area contributed by atoms with Gasteiger partial charge in [-0.25, -0.2) is 0 Å². The van der Waals surface area contributed by atoms with Crippen LogP contribution < -0.4 is 10.2 Å². The number of hydrogen-bond donors (Lipinski definition) is 1. The van der Waals surface area contributed by atoms with E-state index in [4.69, 9.17) is 4.55 Å². The first kappa shape index (κ1) is 15.6. The summed E-state index contributed by atoms with van der Waals surface area (Å²) in [5.41, 5.74) is -2.01. The van der Waals surface area contributed by atoms with E-state index in [1.165, 1.54) is 0 Å². The van der Waals surface area contributed by atoms with E-state index in [2.05, 4.69) is 0 Å². The number of carboxylic acid groups (broad SMARTS) is 2. The Balaban J connectivity index is 0.00000256. The van der Waals surface area contributed by atoms with Crippen LogP contribution in [0.1, 0.15) is 20.7 Å². The molecule has 0 saturated carbocycles. The standard InChI is InChI=1S/C8H6O7S.Fe/c9-7(10)4-2-1-3-5(16(13,14)15)6(4)8(11)12;/h1-3H,(H,9,10)(H,11,12)(H,13,14,15);/q;+2/p-2. The molecule has 0 aliphatic carbocycles. The SMILES string of the molecule is O=C([O-])c1cccc(S(=O)(=O)O)c1C(=O)[O-].[Fe+2]. The zero-order valence-corrected chi connectivity index (χ0v) is 9.81. The first-order valence-electron chi connectivity index (χ1n) is 3.78. The molecule has 0 fully saturated rings. The maximum absolute atomic E-state index is 10.8. The minimum absolute atomic E-state index is 0. The van der Waals surface area contributed by atoms with Gasteiger partial charge in [0.15, 0.2) is 0 Å². The summed E-state index contributed by atoms with van der Waals surface area (Å²) in [7, 11) is -4.85. The van der Waals surface area contributed by atoms with Crippen LogP contribution in [0.25, 0.3) is 0 Å². The maximum Gasteiger partial charge on any atom is 2.00 e. The smallest absolute Gasteiger partial charge is 0.545 e. The van der Waals surface area contributed by atoms with Crippen molar-refractivity contribution in [1.82, 2.24) is 0 Å². The van der Waals surface area contributed by atoms with E-state index in [9.17, 15) is 28.2 Å². The van der Waals surface area contributed by atoms with Gasteiger partial charge in [-0.15, -0.1) is 0 Å². The maximum atomic E-state index is 10.8. The Morgan fingerprint density at radius 2 is 1.65 bits per heavy atom. The molecule has 7 nitrogen and oxygen atoms in total. The number of aromatic carboxylic acids is 2. The molecule has 0 unspecified atom stereocenters. The molecule has 1 N–H and O–H groups in total. The van der Waals surface area contributed by atoms with Crippen molar-refractivity contribution < 1.29 is 49.8 Å². The van der Waals surface area contributed by atoms with Crippen LogP contribution in [0.3, 0.4) is 0 Å². The van der Waals surface area contributed by atoms with E-state index in [0.717, 1.165) is 18.2 Å². The first-order valence-corrected chi connectivity index (χ1v) is 5.22. The second kappa shape index (κ2) is 5.28. The minimum Gasteiger partial charge on any atom is -0.545 e. The van der Waals surface area contributed by atoms with Crippen LogP contribution in [0.5, 0.6) is 0 Å². The molecule has 0 spiro atoms. The van der Waals surface area contributed by atoms with Crippen molar-refractivity contribution >= 4 is 22.1 Å². The van der Waals surface area contributed by atoms with Gasteiger partial charge in [-0.2, -0.15) is 8.42 Å². The Hall–Kier alpha value is -1.41. The van der Waals surface area contributed by atoms with Gasteiger partial charge in [0.05, 0.1) is 11.9 Å². The molecular formula is C8H4FeO7S. The summed E-state index contributed by atoms with van der Waals surface area (Å²) in [6.45, 7) is 0. The molecule has 0 heterocycles. The number of carbonyl (C=O) groups is 2. The second-order valence-corrected chi connectivity index (χ2v) is 4.12. The van der Waals surface area contributed by atoms with Gasteiger partial charge in [0.1, 0.15) is 4.90 Å². The van der Waals surface area contributed by atoms with Crippen LogP contribution in [0, 0.1) is 0 Å². The van der Waals surface area contributed by atoms with Gasteiger partial charge in [0.2, 0.25) is 0 Å². The van der Waals surface area contributed by atoms with Crippen LogP contribution in [0.15, 0.2) is 23.1 Å². The van der Waals surface area contributed by atoms with Crippen LogP contribution in [0.4, 0.5) is 0 Å². The average molecular weight is 300 g/mol. The molecule has 1 rings (SSSR count). The summed E-state index contributed by atoms with van der Waals surface area (Å²) in [5, 5.41) is 21.1. The number of carbonyl (C=O) groups excluding carboxylic acids is 2. The predicted octanol–water partition coefficient (Wildman–Crippen LogP) is -2.34. The Labute approximate surface area is 106 Å². The van der Waals surface area contributed by atoms with E-state index >= 15 is 0 Å². The van der Waals surface area contributed by atoms with E-state index in [1.807, 2.05) is 0 Å². The third-order valence-corrected chi connectivity index (χ3v) is 2.62. The Bertz CT molecular complexity index is 563. The van der Waals surface area contributed by atoms with Crippen molar-refractivity contribution in [2.24, 2.45) is 0 Å². The Morgan fingerprint density at radius 1 is 1.12 bits per heavy atom. The molecule has 0 bridgehead atoms. The quantitative estimate of drug-likeness (QED) is 0.488. The molecule has 0 aromatic heterocycles. The van der Waals surface area contributed by atoms with Gasteiger partial charge in [0, 0.05) is 11.1 Å². The van der Waals surface area contributed by atoms with Crippen molar-refractivity contribution in [3.8, 4) is 0 Å². The van der Waals surface area contributed by atoms with Crippen molar-refractivity contribution in [2.45, 2.75) is 4.90 Å². The molecular weight excluding hydrogens is 296 g/mol. The third-order valence-electron chi connectivity index (χ3n) is 1.73. The number of benzene rings is 1. The molecule has 17 heavy (non-hydrogen) atoms. The van der Waals surface area contributed by atoms with E-state index in [0.29, 0.717) is 0 Å². The van der Waals surface area contributed by atoms with Crippen molar-refractivity contribution in [3.05, 3.63) is 29.3 Å². The van der Waals surface area contributed by atoms with Gasteiger partial charge in [-0.1, -0.05) is 12.1 Å². The molecule has 0 radical (unpaired) electrons. The molecule has 0 amide bonds. The summed E-state index contributed by atoms with van der Waals surface area (Å²) < 4.78 is 30.3. The van der Waals surface area contributed by atoms with Gasteiger partial charge < -0.3 is 19.8 Å². The molecule has 0 aliphatic rings. The van der Waals surface area contributed by atoms with Gasteiger partial charge in [-0.3, -0.25) is 4.55 Å². The zero-order valence-electron chi connectivity index (χ0n) is 7.89. The topological polar surface area (TPSA) is 135 Å². The fraction of sp³-hybridized carbons (Fsp3) is 0. The van der Waals surface area contributed by atoms with E-state index in [-0.39, 0.29) is 17.1 Å². The Morgan fingerprint density at radius 3 is 2.00 bits per heavy atom. The normalized spacial score (nSPS) is 10.4. The number of carboxylic acids is 2. The molecule has 0 atom stereocenters. The third kappa shape index (κ3) is 3.27. The predicted molar refractivity (Wildman–Crippen MR) is 44.9 cm³/mol. The van der Waals surface area contributed by atoms with Crippen molar-refractivity contribution in [2.75, 3.05) is 0 Å². The van der Waals surface area contributed by atoms with Crippen molar-refractivity contribution in [1.29, 1.82) is 0 Å². The fourth-order valence-electron chi connectivity index (χ4n) is 1.13. The molecule has 92 valence electrons. The first-order chi connectivity index (χ1) is 7.25. The number of rotatable bonds is 3. The van der Waals surface area contributed by atoms with Crippen LogP contribution in [0.2, 0.25) is 0 Å². The Kier molecular flexibility index (Phi) is 4.84. The minimum atomic E-state index is -4.85. The van der Waals surface area contributed by atoms with Crippen LogP contribution in [-0.2, 0) is 27.2 Å². The summed E-state index contributed by atoms with van der Waals surface area (Å²) >= 11 is 0. The average Bonchev–Trinajstić information content (AvgIpc) is 2.14. The fourth-order valence-corrected chi connectivity index (χ4v) is 1.83. The summed E-state index contributed by atoms with van der Waals surface area (Å²) in [6.07, 6.45) is 0. The van der Waals surface area contributed by atoms with Crippen molar-refractivity contribution in [3.63, 3.8) is 0 Å². The summed E-state index contributed by atoms with van der Waals surface area (Å²) in [5.74, 6) is -3.92. The second-order valence-electron chi connectivity index (χ2n) is 2.73. The molecule has 1 aromatic carbocycles. The molecule has 0 saturated heterocycles. The molecule has 9 heteroatoms. The largest absolute Gasteiger partial charge is 2.00 e. The molecule has 0 aliphatic heterocycles. The van der Waals surface area contributed by atoms with Crippen LogP contribution >= 0.6 is 0 Å². The van der Waals surface area contributed by atoms with E-state index < -0.39 is 38.1 Å². The van der Waals surface area contributed by atoms with Gasteiger partial charge >= 0.3 is 17.1 Å². The van der Waals surface area contributed by atoms with Gasteiger partial charge in [0.25, 0.3) is 10.1 Å². The monoisotopic (exact) mass is 300 g/mol. The van der Waals surface area contributed by atoms with E-state index in [1.54, 1.807) is 0 Å². The van der Waals surface area contributed by atoms with Gasteiger partial charge in [-0.05, 0) is 6.07 Å². The summed E-state index contributed by atoms with van der Waals surface area (Å²) in [4.78, 5) is 20.1. The summed E-state index contributed by atoms with van der Waals surface area (Å²) in [6, 6.07) is 2.53. The number of hydrogen-bond acceptors (Lipinski definition) is 6. The zero-order chi connectivity index (χ0) is 12.5.